The Morgan fingerprint density at radius 3 is 1.53 bits per heavy atom. The SMILES string of the molecule is COc1ccc(OC(=O)O/N=C(/N)c2ccc(CN(C(=O)OC(C)(C)C)C(=O)OC(C)(C)C)cc2)cc1.COc1ccc(OC(=O)O/N=C(\N)c2ccc(CNC(=O)Cn3c(-c4cc(N)cc(C(F)(F)F)c4)cnc(NC(C)C)c3=O)cc2)cc1. The Bertz CT molecular complexity index is 3390. The predicted octanol–water partition coefficient (Wildman–Crippen LogP) is 9.70. The molecule has 0 fully saturated rings. The Morgan fingerprint density at radius 1 is 0.659 bits per heavy atom. The van der Waals surface area contributed by atoms with Gasteiger partial charge in [-0.15, -0.1) is 0 Å². The lowest BCUT2D eigenvalue weighted by atomic mass is 10.1. The lowest BCUT2D eigenvalue weighted by molar-refractivity contribution is -0.137. The molecule has 0 spiro atoms. The van der Waals surface area contributed by atoms with Crippen LogP contribution in [0.1, 0.15) is 83.2 Å². The maximum Gasteiger partial charge on any atom is 0.540 e. The van der Waals surface area contributed by atoms with Crippen molar-refractivity contribution in [2.45, 2.75) is 98.4 Å². The van der Waals surface area contributed by atoms with Gasteiger partial charge in [-0.3, -0.25) is 23.8 Å². The first-order valence-electron chi connectivity index (χ1n) is 25.7. The van der Waals surface area contributed by atoms with Crippen LogP contribution in [0, 0.1) is 0 Å². The lowest BCUT2D eigenvalue weighted by Crippen LogP contribution is -2.43. The fourth-order valence-corrected chi connectivity index (χ4v) is 7.00. The first-order valence-corrected chi connectivity index (χ1v) is 25.7. The molecule has 0 aliphatic rings. The minimum absolute atomic E-state index is 0.0310. The van der Waals surface area contributed by atoms with E-state index in [1.54, 1.807) is 128 Å². The first-order chi connectivity index (χ1) is 39.9. The zero-order chi connectivity index (χ0) is 62.8. The van der Waals surface area contributed by atoms with Gasteiger partial charge in [0.25, 0.3) is 5.56 Å². The third-order valence-corrected chi connectivity index (χ3v) is 10.9. The van der Waals surface area contributed by atoms with Gasteiger partial charge in [-0.25, -0.2) is 29.1 Å². The number of rotatable bonds is 17. The molecule has 5 aromatic carbocycles. The first kappa shape index (κ1) is 65.5. The summed E-state index contributed by atoms with van der Waals surface area (Å²) in [6.45, 7) is 13.1. The van der Waals surface area contributed by atoms with Crippen LogP contribution in [0.25, 0.3) is 11.3 Å². The van der Waals surface area contributed by atoms with Gasteiger partial charge < -0.3 is 56.3 Å². The fraction of sp³-hybridized carbons (Fsp3) is 0.293. The number of aromatic nitrogens is 2. The Hall–Kier alpha value is -10.3. The number of anilines is 2. The van der Waals surface area contributed by atoms with Gasteiger partial charge in [0.05, 0.1) is 38.2 Å². The minimum Gasteiger partial charge on any atom is -0.497 e. The molecule has 0 saturated carbocycles. The summed E-state index contributed by atoms with van der Waals surface area (Å²) in [5, 5.41) is 12.7. The average molecular weight is 1180 g/mol. The third-order valence-electron chi connectivity index (χ3n) is 10.9. The molecule has 3 amide bonds. The van der Waals surface area contributed by atoms with Crippen molar-refractivity contribution in [2.24, 2.45) is 21.8 Å². The third kappa shape index (κ3) is 21.2. The van der Waals surface area contributed by atoms with E-state index in [1.807, 2.05) is 0 Å². The molecule has 0 bridgehead atoms. The van der Waals surface area contributed by atoms with E-state index < -0.39 is 65.5 Å². The summed E-state index contributed by atoms with van der Waals surface area (Å²) in [6.07, 6.45) is -7.34. The number of hydrogen-bond acceptors (Lipinski definition) is 19. The van der Waals surface area contributed by atoms with Crippen LogP contribution >= 0.6 is 0 Å². The lowest BCUT2D eigenvalue weighted by Gasteiger charge is -2.28. The normalized spacial score (nSPS) is 11.7. The minimum atomic E-state index is -4.69. The summed E-state index contributed by atoms with van der Waals surface area (Å²) in [4.78, 5) is 89.9. The molecular formula is C58H65F3N10O14. The molecule has 6 rings (SSSR count). The van der Waals surface area contributed by atoms with Crippen LogP contribution in [0.15, 0.2) is 137 Å². The summed E-state index contributed by atoms with van der Waals surface area (Å²) in [7, 11) is 3.02. The van der Waals surface area contributed by atoms with E-state index in [0.29, 0.717) is 33.8 Å². The molecule has 0 atom stereocenters. The summed E-state index contributed by atoms with van der Waals surface area (Å²) < 4.78 is 72.3. The second-order valence-electron chi connectivity index (χ2n) is 20.4. The molecule has 1 heterocycles. The molecule has 0 aliphatic heterocycles. The van der Waals surface area contributed by atoms with Crippen LogP contribution in [0.2, 0.25) is 0 Å². The van der Waals surface area contributed by atoms with Crippen molar-refractivity contribution < 1.29 is 75.2 Å². The van der Waals surface area contributed by atoms with Crippen LogP contribution in [0.3, 0.4) is 0 Å². The topological polar surface area (TPSA) is 324 Å². The van der Waals surface area contributed by atoms with Gasteiger partial charge in [0.15, 0.2) is 17.5 Å². The number of carbonyl (C=O) groups is 5. The van der Waals surface area contributed by atoms with E-state index in [1.165, 1.54) is 50.7 Å². The molecule has 27 heteroatoms. The number of nitrogens with two attached hydrogens (primary N) is 3. The number of imide groups is 1. The molecule has 6 aromatic rings. The van der Waals surface area contributed by atoms with Gasteiger partial charge in [0.2, 0.25) is 5.91 Å². The molecule has 452 valence electrons. The van der Waals surface area contributed by atoms with E-state index in [2.05, 4.69) is 25.9 Å². The highest BCUT2D eigenvalue weighted by atomic mass is 19.4. The highest BCUT2D eigenvalue weighted by Gasteiger charge is 2.33. The van der Waals surface area contributed by atoms with Crippen molar-refractivity contribution in [1.29, 1.82) is 0 Å². The van der Waals surface area contributed by atoms with Crippen molar-refractivity contribution in [2.75, 3.05) is 25.3 Å². The Labute approximate surface area is 486 Å². The highest BCUT2D eigenvalue weighted by Crippen LogP contribution is 2.34. The number of oxime groups is 2. The Kier molecular flexibility index (Phi) is 22.4. The molecule has 0 unspecified atom stereocenters. The quantitative estimate of drug-likeness (QED) is 0.0108. The number of methoxy groups -OCH3 is 2. The zero-order valence-corrected chi connectivity index (χ0v) is 48.1. The number of ether oxygens (including phenoxy) is 6. The molecule has 0 radical (unpaired) electrons. The van der Waals surface area contributed by atoms with Crippen molar-refractivity contribution in [3.8, 4) is 34.3 Å². The number of alkyl halides is 3. The van der Waals surface area contributed by atoms with Crippen LogP contribution in [-0.2, 0) is 49.8 Å². The molecule has 24 nitrogen and oxygen atoms in total. The number of benzene rings is 5. The monoisotopic (exact) mass is 1180 g/mol. The molecule has 85 heavy (non-hydrogen) atoms. The zero-order valence-electron chi connectivity index (χ0n) is 48.1. The van der Waals surface area contributed by atoms with Gasteiger partial charge >= 0.3 is 30.7 Å². The molecule has 8 N–H and O–H groups in total. The largest absolute Gasteiger partial charge is 0.540 e. The summed E-state index contributed by atoms with van der Waals surface area (Å²) in [5.41, 5.74) is 16.0. The summed E-state index contributed by atoms with van der Waals surface area (Å²) in [5.74, 6) is 0.738. The fourth-order valence-electron chi connectivity index (χ4n) is 7.00. The molecule has 0 saturated heterocycles. The van der Waals surface area contributed by atoms with Gasteiger partial charge in [-0.1, -0.05) is 58.8 Å². The van der Waals surface area contributed by atoms with Crippen LogP contribution in [0.4, 0.5) is 43.9 Å². The Balaban J connectivity index is 0.000000322. The Morgan fingerprint density at radius 2 is 1.11 bits per heavy atom. The van der Waals surface area contributed by atoms with Crippen molar-refractivity contribution in [3.63, 3.8) is 0 Å². The second-order valence-corrected chi connectivity index (χ2v) is 20.4. The molecular weight excluding hydrogens is 1120 g/mol. The smallest absolute Gasteiger partial charge is 0.497 e. The maximum atomic E-state index is 13.5. The summed E-state index contributed by atoms with van der Waals surface area (Å²) in [6, 6.07) is 28.1. The maximum absolute atomic E-state index is 13.5. The number of hydrogen-bond donors (Lipinski definition) is 5. The van der Waals surface area contributed by atoms with Gasteiger partial charge in [0.1, 0.15) is 40.7 Å². The van der Waals surface area contributed by atoms with E-state index in [-0.39, 0.29) is 65.1 Å². The average Bonchev–Trinajstić information content (AvgIpc) is 2.32. The number of amides is 3. The van der Waals surface area contributed by atoms with Crippen LogP contribution in [-0.4, -0.2) is 88.0 Å². The number of nitrogen functional groups attached to an aromatic ring is 1. The van der Waals surface area contributed by atoms with Gasteiger partial charge in [-0.05, 0) is 133 Å². The number of amidine groups is 2. The highest BCUT2D eigenvalue weighted by molar-refractivity contribution is 5.98. The van der Waals surface area contributed by atoms with Gasteiger partial charge in [0, 0.05) is 35.0 Å². The second kappa shape index (κ2) is 29.1. The van der Waals surface area contributed by atoms with Crippen molar-refractivity contribution >= 4 is 53.6 Å². The van der Waals surface area contributed by atoms with E-state index in [9.17, 15) is 41.9 Å². The molecule has 0 aliphatic carbocycles. The number of nitrogens with zero attached hydrogens (tertiary/aromatic N) is 5. The van der Waals surface area contributed by atoms with Crippen molar-refractivity contribution in [3.05, 3.63) is 160 Å². The standard InChI is InChI=1S/C32H32F3N7O6.C26H33N3O8/c1-18(2)40-29-30(44)42(26(16-39-29)21-12-22(32(33,34)35)14-23(36)13-21)17-27(43)38-15-19-4-6-20(7-5-19)28(37)41-48-31(45)47-25-10-8-24(46-3)9-11-25;1-25(2,3)35-22(30)29(23(31)36-26(4,5)6)16-17-8-10-18(11-9-17)21(27)28-37-24(32)34-20-14-12-19(33-7)13-15-20/h4-14,16,18H,15,17,36H2,1-3H3,(H2,37,41)(H,38,43)(H,39,40);8-15H,16H2,1-7H3,(H2,27,28). The van der Waals surface area contributed by atoms with Crippen LogP contribution < -0.4 is 52.3 Å². The summed E-state index contributed by atoms with van der Waals surface area (Å²) >= 11 is 0. The van der Waals surface area contributed by atoms with Crippen molar-refractivity contribution in [1.82, 2.24) is 19.8 Å². The van der Waals surface area contributed by atoms with Crippen LogP contribution in [0.5, 0.6) is 23.0 Å². The van der Waals surface area contributed by atoms with E-state index in [0.717, 1.165) is 21.6 Å². The van der Waals surface area contributed by atoms with E-state index in [4.69, 9.17) is 55.3 Å². The van der Waals surface area contributed by atoms with E-state index >= 15 is 0 Å². The number of carbonyl (C=O) groups excluding carboxylic acids is 5. The number of halogens is 3. The van der Waals surface area contributed by atoms with Gasteiger partial charge in [-0.2, -0.15) is 13.2 Å². The number of nitrogens with one attached hydrogen (secondary N) is 2. The predicted molar refractivity (Wildman–Crippen MR) is 307 cm³/mol. The molecule has 1 aromatic heterocycles.